The van der Waals surface area contributed by atoms with Gasteiger partial charge in [-0.25, -0.2) is 0 Å². The van der Waals surface area contributed by atoms with Crippen LogP contribution in [0.15, 0.2) is 42.6 Å². The van der Waals surface area contributed by atoms with Gasteiger partial charge in [0, 0.05) is 30.9 Å². The standard InChI is InChI=1S/C22H27N3O3.2ClH/c1-27-20-8-5-7-19(21(20)28-2)22(26)24-16-12-17-9-10-18(13-16)25(17)14-15-6-3-4-11-23-15;;/h3-8,11,16-18H,9-10,12-14H2,1-2H3,(H,24,26);2*1H/t16?,17-,18+;;. The lowest BCUT2D eigenvalue weighted by atomic mass is 9.96. The summed E-state index contributed by atoms with van der Waals surface area (Å²) in [6.45, 7) is 0.889. The van der Waals surface area contributed by atoms with Crippen molar-refractivity contribution in [3.63, 3.8) is 0 Å². The van der Waals surface area contributed by atoms with Crippen LogP contribution < -0.4 is 14.8 Å². The van der Waals surface area contributed by atoms with Crippen molar-refractivity contribution < 1.29 is 14.3 Å². The first-order valence-electron chi connectivity index (χ1n) is 9.87. The predicted molar refractivity (Wildman–Crippen MR) is 121 cm³/mol. The van der Waals surface area contributed by atoms with Crippen LogP contribution in [0.3, 0.4) is 0 Å². The van der Waals surface area contributed by atoms with Crippen molar-refractivity contribution in [1.82, 2.24) is 15.2 Å². The number of carbonyl (C=O) groups is 1. The zero-order valence-electron chi connectivity index (χ0n) is 17.2. The minimum atomic E-state index is -0.0988. The number of benzene rings is 1. The van der Waals surface area contributed by atoms with Crippen LogP contribution in [0.5, 0.6) is 11.5 Å². The Kier molecular flexibility index (Phi) is 8.77. The van der Waals surface area contributed by atoms with Gasteiger partial charge in [0.2, 0.25) is 0 Å². The fourth-order valence-corrected chi connectivity index (χ4v) is 4.66. The van der Waals surface area contributed by atoms with Crippen LogP contribution in [0.4, 0.5) is 0 Å². The first kappa shape index (κ1) is 24.3. The molecule has 2 aliphatic rings. The highest BCUT2D eigenvalue weighted by atomic mass is 35.5. The zero-order chi connectivity index (χ0) is 19.5. The molecule has 0 aliphatic carbocycles. The molecule has 2 saturated heterocycles. The van der Waals surface area contributed by atoms with Crippen LogP contribution in [0.2, 0.25) is 0 Å². The van der Waals surface area contributed by atoms with Gasteiger partial charge in [-0.1, -0.05) is 12.1 Å². The number of para-hydroxylation sites is 1. The molecule has 0 radical (unpaired) electrons. The Morgan fingerprint density at radius 2 is 1.80 bits per heavy atom. The van der Waals surface area contributed by atoms with Crippen LogP contribution in [-0.4, -0.2) is 48.1 Å². The Hall–Kier alpha value is -2.02. The molecular weight excluding hydrogens is 425 g/mol. The van der Waals surface area contributed by atoms with Gasteiger partial charge in [0.25, 0.3) is 5.91 Å². The lowest BCUT2D eigenvalue weighted by Gasteiger charge is -2.39. The van der Waals surface area contributed by atoms with Crippen LogP contribution in [-0.2, 0) is 6.54 Å². The van der Waals surface area contributed by atoms with Gasteiger partial charge in [-0.15, -0.1) is 24.8 Å². The van der Waals surface area contributed by atoms with E-state index in [1.165, 1.54) is 12.8 Å². The van der Waals surface area contributed by atoms with Crippen LogP contribution in [0, 0.1) is 0 Å². The summed E-state index contributed by atoms with van der Waals surface area (Å²) in [5.41, 5.74) is 1.63. The maximum Gasteiger partial charge on any atom is 0.255 e. The quantitative estimate of drug-likeness (QED) is 0.718. The molecule has 0 spiro atoms. The van der Waals surface area contributed by atoms with Crippen LogP contribution in [0.1, 0.15) is 41.7 Å². The van der Waals surface area contributed by atoms with Crippen molar-refractivity contribution in [2.24, 2.45) is 0 Å². The number of aromatic nitrogens is 1. The van der Waals surface area contributed by atoms with E-state index in [0.717, 1.165) is 25.1 Å². The number of hydrogen-bond acceptors (Lipinski definition) is 5. The number of pyridine rings is 1. The van der Waals surface area contributed by atoms with Gasteiger partial charge < -0.3 is 14.8 Å². The predicted octanol–water partition coefficient (Wildman–Crippen LogP) is 3.87. The highest BCUT2D eigenvalue weighted by Crippen LogP contribution is 2.37. The van der Waals surface area contributed by atoms with Crippen molar-refractivity contribution in [3.05, 3.63) is 53.9 Å². The van der Waals surface area contributed by atoms with E-state index in [9.17, 15) is 4.79 Å². The third-order valence-electron chi connectivity index (χ3n) is 5.94. The van der Waals surface area contributed by atoms with Gasteiger partial charge in [-0.05, 0) is 49.9 Å². The smallest absolute Gasteiger partial charge is 0.255 e. The molecular formula is C22H29Cl2N3O3. The lowest BCUT2D eigenvalue weighted by molar-refractivity contribution is 0.0821. The Balaban J connectivity index is 0.00000160. The molecule has 1 amide bonds. The summed E-state index contributed by atoms with van der Waals surface area (Å²) in [6.07, 6.45) is 6.17. The molecule has 30 heavy (non-hydrogen) atoms. The summed E-state index contributed by atoms with van der Waals surface area (Å²) in [4.78, 5) is 19.9. The van der Waals surface area contributed by atoms with Crippen LogP contribution in [0.25, 0.3) is 0 Å². The fourth-order valence-electron chi connectivity index (χ4n) is 4.66. The molecule has 0 saturated carbocycles. The summed E-state index contributed by atoms with van der Waals surface area (Å²) in [5.74, 6) is 0.955. The second kappa shape index (κ2) is 10.8. The summed E-state index contributed by atoms with van der Waals surface area (Å²) in [7, 11) is 3.14. The summed E-state index contributed by atoms with van der Waals surface area (Å²) in [6, 6.07) is 12.6. The van der Waals surface area contributed by atoms with E-state index < -0.39 is 0 Å². The number of methoxy groups -OCH3 is 2. The topological polar surface area (TPSA) is 63.7 Å². The molecule has 2 fully saturated rings. The first-order valence-corrected chi connectivity index (χ1v) is 9.87. The van der Waals surface area contributed by atoms with E-state index in [-0.39, 0.29) is 36.8 Å². The van der Waals surface area contributed by atoms with Crippen molar-refractivity contribution in [1.29, 1.82) is 0 Å². The minimum Gasteiger partial charge on any atom is -0.493 e. The highest BCUT2D eigenvalue weighted by molar-refractivity contribution is 5.98. The fraction of sp³-hybridized carbons (Fsp3) is 0.455. The third kappa shape index (κ3) is 4.99. The van der Waals surface area contributed by atoms with Gasteiger partial charge in [-0.2, -0.15) is 0 Å². The normalized spacial score (nSPS) is 22.4. The summed E-state index contributed by atoms with van der Waals surface area (Å²) in [5, 5.41) is 3.23. The molecule has 3 atom stereocenters. The second-order valence-corrected chi connectivity index (χ2v) is 7.56. The second-order valence-electron chi connectivity index (χ2n) is 7.56. The molecule has 3 heterocycles. The number of fused-ring (bicyclic) bond motifs is 2. The number of nitrogens with one attached hydrogen (secondary N) is 1. The Bertz CT molecular complexity index is 824. The largest absolute Gasteiger partial charge is 0.493 e. The number of ether oxygens (including phenoxy) is 2. The molecule has 2 bridgehead atoms. The molecule has 6 nitrogen and oxygen atoms in total. The number of piperidine rings is 1. The Morgan fingerprint density at radius 1 is 1.07 bits per heavy atom. The molecule has 164 valence electrons. The van der Waals surface area contributed by atoms with E-state index in [1.807, 2.05) is 24.4 Å². The van der Waals surface area contributed by atoms with Gasteiger partial charge in [0.05, 0.1) is 25.5 Å². The van der Waals surface area contributed by atoms with E-state index in [4.69, 9.17) is 9.47 Å². The summed E-state index contributed by atoms with van der Waals surface area (Å²) >= 11 is 0. The van der Waals surface area contributed by atoms with E-state index >= 15 is 0 Å². The highest BCUT2D eigenvalue weighted by Gasteiger charge is 2.41. The number of halogens is 2. The van der Waals surface area contributed by atoms with Crippen molar-refractivity contribution in [2.45, 2.75) is 50.4 Å². The Morgan fingerprint density at radius 3 is 2.40 bits per heavy atom. The van der Waals surface area contributed by atoms with E-state index in [0.29, 0.717) is 29.1 Å². The molecule has 1 aromatic heterocycles. The van der Waals surface area contributed by atoms with E-state index in [1.54, 1.807) is 26.4 Å². The average molecular weight is 454 g/mol. The molecule has 2 aromatic rings. The molecule has 1 unspecified atom stereocenters. The lowest BCUT2D eigenvalue weighted by Crippen LogP contribution is -2.50. The number of carbonyl (C=O) groups excluding carboxylic acids is 1. The van der Waals surface area contributed by atoms with Crippen LogP contribution >= 0.6 is 24.8 Å². The molecule has 8 heteroatoms. The third-order valence-corrected chi connectivity index (χ3v) is 5.94. The molecule has 1 N–H and O–H groups in total. The first-order chi connectivity index (χ1) is 13.7. The van der Waals surface area contributed by atoms with Gasteiger partial charge in [0.1, 0.15) is 0 Å². The molecule has 2 aliphatic heterocycles. The SMILES string of the molecule is COc1cccc(C(=O)NC2C[C@H]3CC[C@@H](C2)N3Cc2ccccn2)c1OC.Cl.Cl. The monoisotopic (exact) mass is 453 g/mol. The van der Waals surface area contributed by atoms with Crippen molar-refractivity contribution in [2.75, 3.05) is 14.2 Å². The van der Waals surface area contributed by atoms with Crippen molar-refractivity contribution >= 4 is 30.7 Å². The van der Waals surface area contributed by atoms with Gasteiger partial charge in [0.15, 0.2) is 11.5 Å². The molecule has 4 rings (SSSR count). The Labute approximate surface area is 190 Å². The average Bonchev–Trinajstić information content (AvgIpc) is 2.96. The zero-order valence-corrected chi connectivity index (χ0v) is 18.9. The number of hydrogen-bond donors (Lipinski definition) is 1. The summed E-state index contributed by atoms with van der Waals surface area (Å²) < 4.78 is 10.7. The number of nitrogens with zero attached hydrogens (tertiary/aromatic N) is 2. The van der Waals surface area contributed by atoms with Crippen molar-refractivity contribution in [3.8, 4) is 11.5 Å². The maximum absolute atomic E-state index is 12.9. The van der Waals surface area contributed by atoms with Gasteiger partial charge in [-0.3, -0.25) is 14.7 Å². The maximum atomic E-state index is 12.9. The minimum absolute atomic E-state index is 0. The van der Waals surface area contributed by atoms with Gasteiger partial charge >= 0.3 is 0 Å². The molecule has 1 aromatic carbocycles. The number of amides is 1. The number of rotatable bonds is 6. The van der Waals surface area contributed by atoms with E-state index in [2.05, 4.69) is 21.3 Å².